The lowest BCUT2D eigenvalue weighted by Gasteiger charge is -2.16. The molecule has 0 unspecified atom stereocenters. The van der Waals surface area contributed by atoms with Gasteiger partial charge in [-0.3, -0.25) is 0 Å². The summed E-state index contributed by atoms with van der Waals surface area (Å²) in [6.07, 6.45) is -2.15. The molecule has 0 saturated heterocycles. The Kier molecular flexibility index (Phi) is 5.20. The number of alkyl halides is 2. The number of hydrogen-bond acceptors (Lipinski definition) is 5. The highest BCUT2D eigenvalue weighted by molar-refractivity contribution is 5.46. The molecule has 1 aromatic heterocycles. The molecule has 0 bridgehead atoms. The van der Waals surface area contributed by atoms with E-state index in [1.165, 1.54) is 31.3 Å². The van der Waals surface area contributed by atoms with E-state index in [1.807, 2.05) is 6.92 Å². The zero-order valence-electron chi connectivity index (χ0n) is 14.8. The second-order valence-corrected chi connectivity index (χ2v) is 5.88. The average molecular weight is 376 g/mol. The van der Waals surface area contributed by atoms with Crippen LogP contribution in [0.4, 0.5) is 8.78 Å². The third kappa shape index (κ3) is 3.67. The molecule has 0 spiro atoms. The monoisotopic (exact) mass is 376 g/mol. The molecule has 142 valence electrons. The molecule has 3 rings (SSSR count). The van der Waals surface area contributed by atoms with Crippen molar-refractivity contribution in [2.75, 3.05) is 0 Å². The molecule has 27 heavy (non-hydrogen) atoms. The van der Waals surface area contributed by atoms with Crippen LogP contribution in [-0.4, -0.2) is 24.9 Å². The minimum Gasteiger partial charge on any atom is -0.508 e. The number of nitrogens with zero attached hydrogens (tertiary/aromatic N) is 4. The highest BCUT2D eigenvalue weighted by Gasteiger charge is 2.20. The molecule has 0 aliphatic heterocycles. The van der Waals surface area contributed by atoms with Crippen LogP contribution < -0.4 is 10.4 Å². The van der Waals surface area contributed by atoms with Crippen molar-refractivity contribution < 1.29 is 18.6 Å². The molecule has 2 aromatic carbocycles. The Labute approximate surface area is 153 Å². The van der Waals surface area contributed by atoms with E-state index >= 15 is 0 Å². The third-order valence-electron chi connectivity index (χ3n) is 4.17. The van der Waals surface area contributed by atoms with Crippen LogP contribution in [0.1, 0.15) is 30.0 Å². The van der Waals surface area contributed by atoms with E-state index in [1.54, 1.807) is 12.1 Å². The number of hydrogen-bond donors (Lipinski definition) is 1. The molecule has 0 atom stereocenters. The first kappa shape index (κ1) is 18.6. The number of phenolic OH excluding ortho intramolecular Hbond substituents is 1. The van der Waals surface area contributed by atoms with Crippen molar-refractivity contribution in [3.63, 3.8) is 0 Å². The Morgan fingerprint density at radius 3 is 2.63 bits per heavy atom. The van der Waals surface area contributed by atoms with Crippen LogP contribution in [0.3, 0.4) is 0 Å². The van der Waals surface area contributed by atoms with Gasteiger partial charge in [0.2, 0.25) is 0 Å². The Balaban J connectivity index is 2.03. The van der Waals surface area contributed by atoms with Crippen LogP contribution in [0.2, 0.25) is 0 Å². The van der Waals surface area contributed by atoms with Crippen molar-refractivity contribution in [2.24, 2.45) is 7.05 Å². The molecular weight excluding hydrogens is 358 g/mol. The van der Waals surface area contributed by atoms with Gasteiger partial charge in [0.15, 0.2) is 0 Å². The van der Waals surface area contributed by atoms with Crippen molar-refractivity contribution in [1.82, 2.24) is 19.8 Å². The van der Waals surface area contributed by atoms with Gasteiger partial charge in [-0.15, -0.1) is 0 Å². The van der Waals surface area contributed by atoms with E-state index < -0.39 is 12.1 Å². The van der Waals surface area contributed by atoms with Crippen molar-refractivity contribution in [2.45, 2.75) is 26.4 Å². The summed E-state index contributed by atoms with van der Waals surface area (Å²) in [5.41, 5.74) is 0.263. The molecule has 1 N–H and O–H groups in total. The first-order valence-corrected chi connectivity index (χ1v) is 8.26. The predicted molar refractivity (Wildman–Crippen MR) is 93.4 cm³/mol. The number of tetrazole rings is 1. The maximum absolute atomic E-state index is 13.5. The number of aromatic hydroxyl groups is 1. The SMILES string of the molecule is CCc1cc(O)ccc1OCc1c(C(F)F)cccc1-n1nnn(C)c1=O. The van der Waals surface area contributed by atoms with Crippen molar-refractivity contribution in [3.8, 4) is 17.2 Å². The first-order valence-electron chi connectivity index (χ1n) is 8.26. The molecule has 0 amide bonds. The molecule has 9 heteroatoms. The number of ether oxygens (including phenoxy) is 1. The van der Waals surface area contributed by atoms with Crippen molar-refractivity contribution >= 4 is 0 Å². The van der Waals surface area contributed by atoms with Gasteiger partial charge < -0.3 is 9.84 Å². The molecule has 0 radical (unpaired) electrons. The number of aryl methyl sites for hydroxylation is 2. The summed E-state index contributed by atoms with van der Waals surface area (Å²) in [5, 5.41) is 16.9. The fourth-order valence-corrected chi connectivity index (χ4v) is 2.75. The number of aromatic nitrogens is 4. The van der Waals surface area contributed by atoms with Crippen molar-refractivity contribution in [1.29, 1.82) is 0 Å². The Morgan fingerprint density at radius 1 is 1.22 bits per heavy atom. The van der Waals surface area contributed by atoms with E-state index in [-0.39, 0.29) is 29.2 Å². The minimum absolute atomic E-state index is 0.0963. The normalized spacial score (nSPS) is 11.1. The lowest BCUT2D eigenvalue weighted by atomic mass is 10.1. The van der Waals surface area contributed by atoms with Crippen LogP contribution in [0.25, 0.3) is 5.69 Å². The van der Waals surface area contributed by atoms with Gasteiger partial charge in [0.05, 0.1) is 5.69 Å². The molecule has 0 aliphatic carbocycles. The highest BCUT2D eigenvalue weighted by atomic mass is 19.3. The second kappa shape index (κ2) is 7.56. The van der Waals surface area contributed by atoms with Crippen LogP contribution in [0.15, 0.2) is 41.2 Å². The molecule has 1 heterocycles. The predicted octanol–water partition coefficient (Wildman–Crippen LogP) is 2.75. The quantitative estimate of drug-likeness (QED) is 0.715. The summed E-state index contributed by atoms with van der Waals surface area (Å²) in [5.74, 6) is 0.566. The molecule has 0 aliphatic rings. The van der Waals surface area contributed by atoms with Crippen LogP contribution in [0, 0.1) is 0 Å². The smallest absolute Gasteiger partial charge is 0.368 e. The van der Waals surface area contributed by atoms with E-state index in [0.29, 0.717) is 12.2 Å². The largest absolute Gasteiger partial charge is 0.508 e. The van der Waals surface area contributed by atoms with E-state index in [9.17, 15) is 18.7 Å². The molecule has 0 fully saturated rings. The Hall–Kier alpha value is -3.23. The first-order chi connectivity index (χ1) is 12.9. The van der Waals surface area contributed by atoms with Crippen LogP contribution >= 0.6 is 0 Å². The maximum Gasteiger partial charge on any atom is 0.368 e. The summed E-state index contributed by atoms with van der Waals surface area (Å²) in [4.78, 5) is 12.2. The number of halogens is 2. The number of phenols is 1. The zero-order chi connectivity index (χ0) is 19.6. The summed E-state index contributed by atoms with van der Waals surface area (Å²) < 4.78 is 34.8. The summed E-state index contributed by atoms with van der Waals surface area (Å²) in [7, 11) is 1.42. The third-order valence-corrected chi connectivity index (χ3v) is 4.17. The average Bonchev–Trinajstić information content (AvgIpc) is 2.99. The van der Waals surface area contributed by atoms with E-state index in [4.69, 9.17) is 4.74 Å². The fraction of sp³-hybridized carbons (Fsp3) is 0.278. The molecule has 3 aromatic rings. The van der Waals surface area contributed by atoms with Gasteiger partial charge in [-0.25, -0.2) is 13.6 Å². The maximum atomic E-state index is 13.5. The zero-order valence-corrected chi connectivity index (χ0v) is 14.8. The lowest BCUT2D eigenvalue weighted by molar-refractivity contribution is 0.148. The van der Waals surface area contributed by atoms with Gasteiger partial charge in [0, 0.05) is 18.2 Å². The van der Waals surface area contributed by atoms with Gasteiger partial charge in [-0.05, 0) is 46.7 Å². The lowest BCUT2D eigenvalue weighted by Crippen LogP contribution is -2.23. The highest BCUT2D eigenvalue weighted by Crippen LogP contribution is 2.30. The number of benzene rings is 2. The topological polar surface area (TPSA) is 82.2 Å². The minimum atomic E-state index is -2.75. The van der Waals surface area contributed by atoms with Gasteiger partial charge in [-0.1, -0.05) is 19.1 Å². The fourth-order valence-electron chi connectivity index (χ4n) is 2.75. The van der Waals surface area contributed by atoms with Gasteiger partial charge in [-0.2, -0.15) is 9.36 Å². The Morgan fingerprint density at radius 2 is 2.00 bits per heavy atom. The standard InChI is InChI=1S/C18H18F2N4O3/c1-3-11-9-12(25)7-8-16(11)27-10-14-13(17(19)20)5-4-6-15(14)24-18(26)23(2)21-22-24/h4-9,17,25H,3,10H2,1-2H3. The van der Waals surface area contributed by atoms with Crippen LogP contribution in [0.5, 0.6) is 11.5 Å². The second-order valence-electron chi connectivity index (χ2n) is 5.88. The van der Waals surface area contributed by atoms with E-state index in [0.717, 1.165) is 14.9 Å². The molecular formula is C18H18F2N4O3. The summed E-state index contributed by atoms with van der Waals surface area (Å²) >= 11 is 0. The van der Waals surface area contributed by atoms with Gasteiger partial charge >= 0.3 is 5.69 Å². The van der Waals surface area contributed by atoms with E-state index in [2.05, 4.69) is 10.4 Å². The number of rotatable bonds is 6. The summed E-state index contributed by atoms with van der Waals surface area (Å²) in [6.45, 7) is 1.69. The summed E-state index contributed by atoms with van der Waals surface area (Å²) in [6, 6.07) is 8.82. The van der Waals surface area contributed by atoms with Crippen molar-refractivity contribution in [3.05, 3.63) is 63.6 Å². The molecule has 0 saturated carbocycles. The van der Waals surface area contributed by atoms with Crippen LogP contribution in [-0.2, 0) is 20.1 Å². The molecule has 7 nitrogen and oxygen atoms in total. The van der Waals surface area contributed by atoms with Gasteiger partial charge in [0.1, 0.15) is 18.1 Å². The Bertz CT molecular complexity index is 1010. The van der Waals surface area contributed by atoms with Gasteiger partial charge in [0.25, 0.3) is 6.43 Å².